The standard InChI is InChI=1S/C20H17FN4O2S/c1-26-17-7-2-3-8-18(17)27-11-16-15(10-22)19(23)25-20(24-16)28-12-13-5-4-6-14(21)9-13/h2-9H,11-12H2,1H3,(H2,23,24,25). The molecule has 0 spiro atoms. The monoisotopic (exact) mass is 396 g/mol. The van der Waals surface area contributed by atoms with Crippen LogP contribution in [-0.4, -0.2) is 17.1 Å². The van der Waals surface area contributed by atoms with Gasteiger partial charge in [-0.3, -0.25) is 0 Å². The van der Waals surface area contributed by atoms with Crippen molar-refractivity contribution in [3.63, 3.8) is 0 Å². The summed E-state index contributed by atoms with van der Waals surface area (Å²) < 4.78 is 24.3. The molecular formula is C20H17FN4O2S. The van der Waals surface area contributed by atoms with Gasteiger partial charge in [0.15, 0.2) is 16.7 Å². The Kier molecular flexibility index (Phi) is 6.29. The Hall–Kier alpha value is -3.31. The lowest BCUT2D eigenvalue weighted by Crippen LogP contribution is -2.08. The fourth-order valence-corrected chi connectivity index (χ4v) is 3.27. The molecule has 0 bridgehead atoms. The fraction of sp³-hybridized carbons (Fsp3) is 0.150. The minimum atomic E-state index is -0.302. The molecule has 1 heterocycles. The predicted octanol–water partition coefficient (Wildman–Crippen LogP) is 3.95. The van der Waals surface area contributed by atoms with Crippen molar-refractivity contribution >= 4 is 17.6 Å². The van der Waals surface area contributed by atoms with E-state index in [4.69, 9.17) is 15.2 Å². The highest BCUT2D eigenvalue weighted by molar-refractivity contribution is 7.98. The number of hydrogen-bond acceptors (Lipinski definition) is 7. The molecule has 0 fully saturated rings. The minimum absolute atomic E-state index is 0.0313. The van der Waals surface area contributed by atoms with Crippen LogP contribution in [0.4, 0.5) is 10.2 Å². The van der Waals surface area contributed by atoms with E-state index < -0.39 is 0 Å². The van der Waals surface area contributed by atoms with Crippen LogP contribution in [0.15, 0.2) is 53.7 Å². The molecular weight excluding hydrogens is 379 g/mol. The van der Waals surface area contributed by atoms with Gasteiger partial charge < -0.3 is 15.2 Å². The summed E-state index contributed by atoms with van der Waals surface area (Å²) in [5.74, 6) is 1.35. The molecule has 28 heavy (non-hydrogen) atoms. The second kappa shape index (κ2) is 9.06. The lowest BCUT2D eigenvalue weighted by molar-refractivity contribution is 0.279. The van der Waals surface area contributed by atoms with E-state index in [1.807, 2.05) is 24.3 Å². The van der Waals surface area contributed by atoms with Crippen molar-refractivity contribution in [1.82, 2.24) is 9.97 Å². The van der Waals surface area contributed by atoms with Crippen LogP contribution in [0.5, 0.6) is 11.5 Å². The van der Waals surface area contributed by atoms with Crippen LogP contribution < -0.4 is 15.2 Å². The molecule has 0 radical (unpaired) electrons. The summed E-state index contributed by atoms with van der Waals surface area (Å²) in [7, 11) is 1.55. The van der Waals surface area contributed by atoms with Crippen molar-refractivity contribution in [3.05, 3.63) is 71.2 Å². The Balaban J connectivity index is 1.79. The van der Waals surface area contributed by atoms with E-state index in [1.54, 1.807) is 25.3 Å². The molecule has 3 rings (SSSR count). The Morgan fingerprint density at radius 1 is 1.14 bits per heavy atom. The Labute approximate surface area is 166 Å². The van der Waals surface area contributed by atoms with Crippen molar-refractivity contribution in [2.75, 3.05) is 12.8 Å². The van der Waals surface area contributed by atoms with E-state index in [1.165, 1.54) is 23.9 Å². The summed E-state index contributed by atoms with van der Waals surface area (Å²) in [5, 5.41) is 9.78. The number of rotatable bonds is 7. The van der Waals surface area contributed by atoms with Crippen LogP contribution in [0.3, 0.4) is 0 Å². The number of ether oxygens (including phenoxy) is 2. The third-order valence-corrected chi connectivity index (χ3v) is 4.71. The highest BCUT2D eigenvalue weighted by atomic mass is 32.2. The van der Waals surface area contributed by atoms with Gasteiger partial charge in [0.25, 0.3) is 0 Å². The number of nitrogens with zero attached hydrogens (tertiary/aromatic N) is 3. The molecule has 0 aliphatic rings. The summed E-state index contributed by atoms with van der Waals surface area (Å²) in [5.41, 5.74) is 7.27. The van der Waals surface area contributed by atoms with Crippen molar-refractivity contribution in [2.45, 2.75) is 17.5 Å². The molecule has 0 unspecified atom stereocenters. The average Bonchev–Trinajstić information content (AvgIpc) is 2.70. The molecule has 6 nitrogen and oxygen atoms in total. The largest absolute Gasteiger partial charge is 0.493 e. The number of benzene rings is 2. The molecule has 0 aliphatic carbocycles. The number of hydrogen-bond donors (Lipinski definition) is 1. The number of methoxy groups -OCH3 is 1. The van der Waals surface area contributed by atoms with Crippen LogP contribution >= 0.6 is 11.8 Å². The van der Waals surface area contributed by atoms with Crippen molar-refractivity contribution in [2.24, 2.45) is 0 Å². The third kappa shape index (κ3) is 4.69. The van der Waals surface area contributed by atoms with Gasteiger partial charge in [0.05, 0.1) is 7.11 Å². The van der Waals surface area contributed by atoms with Gasteiger partial charge in [0.1, 0.15) is 35.6 Å². The maximum Gasteiger partial charge on any atom is 0.190 e. The first-order valence-electron chi connectivity index (χ1n) is 8.30. The first kappa shape index (κ1) is 19.5. The molecule has 8 heteroatoms. The first-order valence-corrected chi connectivity index (χ1v) is 9.29. The normalized spacial score (nSPS) is 10.3. The van der Waals surface area contributed by atoms with E-state index in [0.29, 0.717) is 28.1 Å². The predicted molar refractivity (Wildman–Crippen MR) is 104 cm³/mol. The van der Waals surface area contributed by atoms with Gasteiger partial charge in [-0.15, -0.1) is 0 Å². The third-order valence-electron chi connectivity index (χ3n) is 3.79. The minimum Gasteiger partial charge on any atom is -0.493 e. The molecule has 2 aromatic carbocycles. The Morgan fingerprint density at radius 2 is 1.93 bits per heavy atom. The van der Waals surface area contributed by atoms with Gasteiger partial charge in [-0.1, -0.05) is 36.0 Å². The molecule has 0 aliphatic heterocycles. The zero-order chi connectivity index (χ0) is 19.9. The van der Waals surface area contributed by atoms with Crippen molar-refractivity contribution in [1.29, 1.82) is 5.26 Å². The van der Waals surface area contributed by atoms with Gasteiger partial charge in [-0.25, -0.2) is 14.4 Å². The number of thioether (sulfide) groups is 1. The van der Waals surface area contributed by atoms with Crippen LogP contribution in [-0.2, 0) is 12.4 Å². The van der Waals surface area contributed by atoms with Gasteiger partial charge >= 0.3 is 0 Å². The van der Waals surface area contributed by atoms with E-state index in [0.717, 1.165) is 5.56 Å². The quantitative estimate of drug-likeness (QED) is 0.477. The Bertz CT molecular complexity index is 1020. The van der Waals surface area contributed by atoms with E-state index in [9.17, 15) is 9.65 Å². The summed E-state index contributed by atoms with van der Waals surface area (Å²) >= 11 is 1.30. The van der Waals surface area contributed by atoms with Crippen LogP contribution in [0.25, 0.3) is 0 Å². The van der Waals surface area contributed by atoms with Gasteiger partial charge in [-0.2, -0.15) is 5.26 Å². The smallest absolute Gasteiger partial charge is 0.190 e. The van der Waals surface area contributed by atoms with E-state index >= 15 is 0 Å². The second-order valence-corrected chi connectivity index (χ2v) is 6.63. The van der Waals surface area contributed by atoms with E-state index in [2.05, 4.69) is 9.97 Å². The molecule has 0 atom stereocenters. The molecule has 0 amide bonds. The molecule has 142 valence electrons. The van der Waals surface area contributed by atoms with Crippen LogP contribution in [0.1, 0.15) is 16.8 Å². The highest BCUT2D eigenvalue weighted by Gasteiger charge is 2.14. The average molecular weight is 396 g/mol. The first-order chi connectivity index (χ1) is 13.6. The number of nitrogens with two attached hydrogens (primary N) is 1. The number of nitriles is 1. The number of halogens is 1. The lowest BCUT2D eigenvalue weighted by atomic mass is 10.2. The number of para-hydroxylation sites is 2. The molecule has 0 saturated carbocycles. The summed E-state index contributed by atoms with van der Waals surface area (Å²) in [6.45, 7) is 0.0313. The highest BCUT2D eigenvalue weighted by Crippen LogP contribution is 2.28. The van der Waals surface area contributed by atoms with Crippen LogP contribution in [0.2, 0.25) is 0 Å². The number of anilines is 1. The summed E-state index contributed by atoms with van der Waals surface area (Å²) in [6, 6.07) is 15.5. The maximum absolute atomic E-state index is 13.3. The fourth-order valence-electron chi connectivity index (χ4n) is 2.45. The second-order valence-electron chi connectivity index (χ2n) is 5.68. The van der Waals surface area contributed by atoms with E-state index in [-0.39, 0.29) is 23.8 Å². The maximum atomic E-state index is 13.3. The summed E-state index contributed by atoms with van der Waals surface area (Å²) in [4.78, 5) is 8.57. The number of nitrogen functional groups attached to an aromatic ring is 1. The molecule has 3 aromatic rings. The zero-order valence-electron chi connectivity index (χ0n) is 15.1. The van der Waals surface area contributed by atoms with Gasteiger partial charge in [0, 0.05) is 5.75 Å². The topological polar surface area (TPSA) is 94.1 Å². The van der Waals surface area contributed by atoms with Crippen molar-refractivity contribution in [3.8, 4) is 17.6 Å². The SMILES string of the molecule is COc1ccccc1OCc1nc(SCc2cccc(F)c2)nc(N)c1C#N. The van der Waals surface area contributed by atoms with Gasteiger partial charge in [-0.05, 0) is 29.8 Å². The molecule has 0 saturated heterocycles. The molecule has 2 N–H and O–H groups in total. The number of aromatic nitrogens is 2. The van der Waals surface area contributed by atoms with Gasteiger partial charge in [0.2, 0.25) is 0 Å². The Morgan fingerprint density at radius 3 is 2.64 bits per heavy atom. The van der Waals surface area contributed by atoms with Crippen LogP contribution in [0, 0.1) is 17.1 Å². The lowest BCUT2D eigenvalue weighted by Gasteiger charge is -2.12. The molecule has 1 aromatic heterocycles. The van der Waals surface area contributed by atoms with Crippen molar-refractivity contribution < 1.29 is 13.9 Å². The summed E-state index contributed by atoms with van der Waals surface area (Å²) in [6.07, 6.45) is 0. The zero-order valence-corrected chi connectivity index (χ0v) is 15.9.